The van der Waals surface area contributed by atoms with Gasteiger partial charge in [0.2, 0.25) is 0 Å². The molecule has 6 heteroatoms. The van der Waals surface area contributed by atoms with E-state index in [4.69, 9.17) is 16.7 Å². The topological polar surface area (TPSA) is 53.1 Å². The number of hydrogen-bond acceptors (Lipinski definition) is 1. The van der Waals surface area contributed by atoms with Crippen LogP contribution in [-0.4, -0.2) is 16.1 Å². The SMILES string of the molecule is CC/C(=C(/c1ccc(/C=C/C(=O)O)cc1)c1cc(F)c2[nH]ccc2c1)c1ccc(F)cc1Cl. The molecule has 0 amide bonds. The number of hydrogen-bond donors (Lipinski definition) is 2. The standard InChI is InChI=1S/C27H20ClF2NO2/c1-2-21(22-9-8-20(29)15-23(22)28)26(17-6-3-16(4-7-17)5-10-25(32)33)19-13-18-11-12-31-27(18)24(30)14-19/h3-15,31H,2H2,1H3,(H,32,33)/b10-5+,26-21+. The molecule has 4 rings (SSSR count). The van der Waals surface area contributed by atoms with Crippen molar-refractivity contribution in [2.45, 2.75) is 13.3 Å². The number of carbonyl (C=O) groups is 1. The smallest absolute Gasteiger partial charge is 0.328 e. The van der Waals surface area contributed by atoms with Crippen LogP contribution in [0.1, 0.15) is 35.6 Å². The van der Waals surface area contributed by atoms with Gasteiger partial charge < -0.3 is 10.1 Å². The summed E-state index contributed by atoms with van der Waals surface area (Å²) in [5.41, 5.74) is 4.86. The molecule has 3 aromatic carbocycles. The van der Waals surface area contributed by atoms with Crippen LogP contribution >= 0.6 is 11.6 Å². The van der Waals surface area contributed by atoms with E-state index in [-0.39, 0.29) is 10.8 Å². The molecule has 0 atom stereocenters. The Kier molecular flexibility index (Phi) is 6.43. The van der Waals surface area contributed by atoms with Gasteiger partial charge in [-0.25, -0.2) is 13.6 Å². The second-order valence-electron chi connectivity index (χ2n) is 7.52. The van der Waals surface area contributed by atoms with E-state index in [2.05, 4.69) is 4.98 Å². The van der Waals surface area contributed by atoms with E-state index >= 15 is 0 Å². The number of nitrogens with one attached hydrogen (secondary N) is 1. The molecule has 0 fully saturated rings. The van der Waals surface area contributed by atoms with Gasteiger partial charge in [0.15, 0.2) is 0 Å². The van der Waals surface area contributed by atoms with E-state index in [0.717, 1.165) is 28.2 Å². The summed E-state index contributed by atoms with van der Waals surface area (Å²) in [6.45, 7) is 1.96. The lowest BCUT2D eigenvalue weighted by Crippen LogP contribution is -1.97. The molecule has 3 nitrogen and oxygen atoms in total. The van der Waals surface area contributed by atoms with Gasteiger partial charge in [-0.2, -0.15) is 0 Å². The average molecular weight is 464 g/mol. The highest BCUT2D eigenvalue weighted by molar-refractivity contribution is 6.32. The van der Waals surface area contributed by atoms with Gasteiger partial charge in [0.1, 0.15) is 11.6 Å². The molecular formula is C27H20ClF2NO2. The summed E-state index contributed by atoms with van der Waals surface area (Å²) in [6.07, 6.45) is 4.81. The monoisotopic (exact) mass is 463 g/mol. The third kappa shape index (κ3) is 4.73. The third-order valence-electron chi connectivity index (χ3n) is 5.43. The van der Waals surface area contributed by atoms with Crippen molar-refractivity contribution in [3.8, 4) is 0 Å². The van der Waals surface area contributed by atoms with E-state index in [1.54, 1.807) is 30.5 Å². The molecule has 166 valence electrons. The molecule has 4 aromatic rings. The predicted octanol–water partition coefficient (Wildman–Crippen LogP) is 7.57. The lowest BCUT2D eigenvalue weighted by molar-refractivity contribution is -0.131. The minimum atomic E-state index is -1.03. The Hall–Kier alpha value is -3.70. The molecule has 33 heavy (non-hydrogen) atoms. The van der Waals surface area contributed by atoms with Crippen molar-refractivity contribution in [3.63, 3.8) is 0 Å². The zero-order valence-electron chi connectivity index (χ0n) is 17.7. The first-order chi connectivity index (χ1) is 15.9. The van der Waals surface area contributed by atoms with Crippen molar-refractivity contribution in [2.75, 3.05) is 0 Å². The van der Waals surface area contributed by atoms with Crippen LogP contribution in [0.2, 0.25) is 5.02 Å². The normalized spacial score (nSPS) is 12.4. The number of carboxylic acid groups (broad SMARTS) is 1. The zero-order valence-corrected chi connectivity index (χ0v) is 18.5. The van der Waals surface area contributed by atoms with E-state index in [1.165, 1.54) is 24.3 Å². The minimum Gasteiger partial charge on any atom is -0.478 e. The Labute approximate surface area is 194 Å². The molecule has 0 bridgehead atoms. The Morgan fingerprint density at radius 1 is 1.03 bits per heavy atom. The summed E-state index contributed by atoms with van der Waals surface area (Å²) < 4.78 is 28.6. The van der Waals surface area contributed by atoms with Gasteiger partial charge in [0.05, 0.1) is 10.5 Å². The van der Waals surface area contributed by atoms with Crippen LogP contribution in [0.25, 0.3) is 28.1 Å². The maximum absolute atomic E-state index is 14.9. The van der Waals surface area contributed by atoms with Crippen LogP contribution in [0, 0.1) is 11.6 Å². The lowest BCUT2D eigenvalue weighted by atomic mass is 9.87. The largest absolute Gasteiger partial charge is 0.478 e. The van der Waals surface area contributed by atoms with E-state index in [0.29, 0.717) is 28.6 Å². The second-order valence-corrected chi connectivity index (χ2v) is 7.93. The zero-order chi connectivity index (χ0) is 23.5. The number of fused-ring (bicyclic) bond motifs is 1. The van der Waals surface area contributed by atoms with Crippen LogP contribution in [0.3, 0.4) is 0 Å². The lowest BCUT2D eigenvalue weighted by Gasteiger charge is -2.18. The number of halogens is 3. The summed E-state index contributed by atoms with van der Waals surface area (Å²) in [5, 5.41) is 9.86. The number of allylic oxidation sites excluding steroid dienone is 1. The number of H-pyrrole nitrogens is 1. The first kappa shape index (κ1) is 22.5. The summed E-state index contributed by atoms with van der Waals surface area (Å²) >= 11 is 6.41. The fraction of sp³-hybridized carbons (Fsp3) is 0.0741. The summed E-state index contributed by atoms with van der Waals surface area (Å²) in [4.78, 5) is 13.7. The highest BCUT2D eigenvalue weighted by atomic mass is 35.5. The second kappa shape index (κ2) is 9.43. The van der Waals surface area contributed by atoms with Crippen molar-refractivity contribution in [1.82, 2.24) is 4.98 Å². The number of carboxylic acids is 1. The number of rotatable bonds is 6. The van der Waals surface area contributed by atoms with E-state index < -0.39 is 11.8 Å². The number of aromatic nitrogens is 1. The van der Waals surface area contributed by atoms with Crippen LogP contribution in [-0.2, 0) is 4.79 Å². The summed E-state index contributed by atoms with van der Waals surface area (Å²) in [6, 6.07) is 16.7. The molecular weight excluding hydrogens is 444 g/mol. The molecule has 1 aromatic heterocycles. The molecule has 1 heterocycles. The van der Waals surface area contributed by atoms with E-state index in [1.807, 2.05) is 25.1 Å². The van der Waals surface area contributed by atoms with E-state index in [9.17, 15) is 13.6 Å². The molecule has 0 saturated heterocycles. The van der Waals surface area contributed by atoms with Crippen LogP contribution < -0.4 is 0 Å². The van der Waals surface area contributed by atoms with Crippen LogP contribution in [0.15, 0.2) is 72.9 Å². The van der Waals surface area contributed by atoms with Gasteiger partial charge in [0.25, 0.3) is 0 Å². The molecule has 0 radical (unpaired) electrons. The maximum atomic E-state index is 14.9. The van der Waals surface area contributed by atoms with Crippen LogP contribution in [0.4, 0.5) is 8.78 Å². The predicted molar refractivity (Wildman–Crippen MR) is 129 cm³/mol. The molecule has 0 unspecified atom stereocenters. The van der Waals surface area contributed by atoms with Gasteiger partial charge in [-0.1, -0.05) is 48.9 Å². The van der Waals surface area contributed by atoms with Crippen molar-refractivity contribution in [1.29, 1.82) is 0 Å². The molecule has 0 aliphatic carbocycles. The number of benzene rings is 3. The fourth-order valence-electron chi connectivity index (χ4n) is 3.95. The van der Waals surface area contributed by atoms with Gasteiger partial charge >= 0.3 is 5.97 Å². The fourth-order valence-corrected chi connectivity index (χ4v) is 4.23. The highest BCUT2D eigenvalue weighted by Gasteiger charge is 2.17. The Bertz CT molecular complexity index is 1400. The number of aliphatic carboxylic acids is 1. The van der Waals surface area contributed by atoms with Crippen molar-refractivity contribution in [2.24, 2.45) is 0 Å². The molecule has 0 aliphatic heterocycles. The Morgan fingerprint density at radius 3 is 2.45 bits per heavy atom. The van der Waals surface area contributed by atoms with Crippen molar-refractivity contribution < 1.29 is 18.7 Å². The summed E-state index contributed by atoms with van der Waals surface area (Å²) in [7, 11) is 0. The molecule has 0 spiro atoms. The Morgan fingerprint density at radius 2 is 1.79 bits per heavy atom. The minimum absolute atomic E-state index is 0.272. The van der Waals surface area contributed by atoms with Crippen molar-refractivity contribution in [3.05, 3.63) is 112 Å². The third-order valence-corrected chi connectivity index (χ3v) is 5.74. The highest BCUT2D eigenvalue weighted by Crippen LogP contribution is 2.38. The van der Waals surface area contributed by atoms with Gasteiger partial charge in [0, 0.05) is 17.7 Å². The Balaban J connectivity index is 1.97. The number of aromatic amines is 1. The van der Waals surface area contributed by atoms with Crippen molar-refractivity contribution >= 4 is 45.7 Å². The molecule has 2 N–H and O–H groups in total. The van der Waals surface area contributed by atoms with Gasteiger partial charge in [-0.05, 0) is 76.2 Å². The first-order valence-corrected chi connectivity index (χ1v) is 10.7. The molecule has 0 aliphatic rings. The average Bonchev–Trinajstić information content (AvgIpc) is 3.26. The first-order valence-electron chi connectivity index (χ1n) is 10.3. The molecule has 0 saturated carbocycles. The van der Waals surface area contributed by atoms with Gasteiger partial charge in [-0.3, -0.25) is 0 Å². The van der Waals surface area contributed by atoms with Gasteiger partial charge in [-0.15, -0.1) is 0 Å². The quantitative estimate of drug-likeness (QED) is 0.229. The van der Waals surface area contributed by atoms with Crippen LogP contribution in [0.5, 0.6) is 0 Å². The maximum Gasteiger partial charge on any atom is 0.328 e. The summed E-state index contributed by atoms with van der Waals surface area (Å²) in [5.74, 6) is -1.85.